The van der Waals surface area contributed by atoms with Crippen LogP contribution in [0.5, 0.6) is 0 Å². The highest BCUT2D eigenvalue weighted by Gasteiger charge is 2.51. The summed E-state index contributed by atoms with van der Waals surface area (Å²) in [6.45, 7) is 3.17. The second-order valence-corrected chi connectivity index (χ2v) is 3.88. The number of nitrogens with one attached hydrogen (secondary N) is 1. The van der Waals surface area contributed by atoms with Crippen molar-refractivity contribution in [2.45, 2.75) is 37.8 Å². The lowest BCUT2D eigenvalue weighted by atomic mass is 9.91. The monoisotopic (exact) mass is 155 g/mol. The van der Waals surface area contributed by atoms with Gasteiger partial charge in [-0.15, -0.1) is 0 Å². The van der Waals surface area contributed by atoms with E-state index < -0.39 is 0 Å². The fourth-order valence-electron chi connectivity index (χ4n) is 2.40. The van der Waals surface area contributed by atoms with Crippen LogP contribution in [0.2, 0.25) is 0 Å². The number of hydrogen-bond donors (Lipinski definition) is 1. The highest BCUT2D eigenvalue weighted by Crippen LogP contribution is 2.47. The molecule has 1 aliphatic heterocycles. The molecule has 0 spiro atoms. The van der Waals surface area contributed by atoms with Crippen LogP contribution in [0.25, 0.3) is 0 Å². The average Bonchev–Trinajstić information content (AvgIpc) is 2.70. The first-order valence-corrected chi connectivity index (χ1v) is 4.59. The zero-order chi connectivity index (χ0) is 7.90. The van der Waals surface area contributed by atoms with Gasteiger partial charge in [0.2, 0.25) is 0 Å². The third kappa shape index (κ3) is 1.09. The van der Waals surface area contributed by atoms with Crippen molar-refractivity contribution in [1.82, 2.24) is 5.32 Å². The van der Waals surface area contributed by atoms with Crippen molar-refractivity contribution in [3.05, 3.63) is 0 Å². The Morgan fingerprint density at radius 2 is 2.18 bits per heavy atom. The van der Waals surface area contributed by atoms with Crippen molar-refractivity contribution in [2.24, 2.45) is 5.92 Å². The quantitative estimate of drug-likeness (QED) is 0.646. The van der Waals surface area contributed by atoms with Crippen LogP contribution in [0.4, 0.5) is 0 Å². The van der Waals surface area contributed by atoms with E-state index in [0.29, 0.717) is 11.6 Å². The molecule has 11 heavy (non-hydrogen) atoms. The number of rotatable bonds is 2. The number of hydrogen-bond acceptors (Lipinski definition) is 2. The van der Waals surface area contributed by atoms with E-state index in [1.54, 1.807) is 0 Å². The minimum absolute atomic E-state index is 0.468. The molecule has 2 unspecified atom stereocenters. The molecule has 2 nitrogen and oxygen atoms in total. The maximum Gasteiger partial charge on any atom is 0.0593 e. The smallest absolute Gasteiger partial charge is 0.0593 e. The predicted molar refractivity (Wildman–Crippen MR) is 44.5 cm³/mol. The minimum Gasteiger partial charge on any atom is -0.378 e. The molecule has 2 heteroatoms. The van der Waals surface area contributed by atoms with E-state index in [0.717, 1.165) is 12.5 Å². The molecule has 2 atom stereocenters. The van der Waals surface area contributed by atoms with Gasteiger partial charge in [0.25, 0.3) is 0 Å². The average molecular weight is 155 g/mol. The Bertz CT molecular complexity index is 154. The van der Waals surface area contributed by atoms with E-state index in [2.05, 4.69) is 19.3 Å². The summed E-state index contributed by atoms with van der Waals surface area (Å²) < 4.78 is 5.55. The maximum absolute atomic E-state index is 5.55. The molecular formula is C9H17NO. The molecular weight excluding hydrogens is 138 g/mol. The van der Waals surface area contributed by atoms with Gasteiger partial charge in [-0.2, -0.15) is 0 Å². The van der Waals surface area contributed by atoms with Gasteiger partial charge in [0.05, 0.1) is 6.10 Å². The van der Waals surface area contributed by atoms with Crippen molar-refractivity contribution in [2.75, 3.05) is 13.7 Å². The molecule has 0 aromatic carbocycles. The first-order valence-electron chi connectivity index (χ1n) is 4.59. The molecule has 1 saturated heterocycles. The maximum atomic E-state index is 5.55. The molecule has 0 bridgehead atoms. The van der Waals surface area contributed by atoms with Crippen LogP contribution in [0.3, 0.4) is 0 Å². The van der Waals surface area contributed by atoms with Gasteiger partial charge in [-0.1, -0.05) is 0 Å². The van der Waals surface area contributed by atoms with Crippen molar-refractivity contribution < 1.29 is 4.74 Å². The van der Waals surface area contributed by atoms with E-state index in [1.807, 2.05) is 0 Å². The van der Waals surface area contributed by atoms with Gasteiger partial charge in [0.1, 0.15) is 0 Å². The second kappa shape index (κ2) is 2.46. The Kier molecular flexibility index (Phi) is 1.69. The van der Waals surface area contributed by atoms with Gasteiger partial charge in [-0.05, 0) is 33.2 Å². The largest absolute Gasteiger partial charge is 0.378 e. The van der Waals surface area contributed by atoms with Gasteiger partial charge in [-0.3, -0.25) is 0 Å². The highest BCUT2D eigenvalue weighted by atomic mass is 16.5. The normalized spacial score (nSPS) is 40.9. The first kappa shape index (κ1) is 7.56. The summed E-state index contributed by atoms with van der Waals surface area (Å²) in [6, 6.07) is 0. The van der Waals surface area contributed by atoms with Crippen molar-refractivity contribution >= 4 is 0 Å². The molecule has 0 radical (unpaired) electrons. The van der Waals surface area contributed by atoms with E-state index in [-0.39, 0.29) is 0 Å². The Morgan fingerprint density at radius 3 is 2.55 bits per heavy atom. The van der Waals surface area contributed by atoms with E-state index in [1.165, 1.54) is 19.3 Å². The van der Waals surface area contributed by atoms with E-state index in [9.17, 15) is 0 Å². The minimum atomic E-state index is 0.468. The Morgan fingerprint density at radius 1 is 1.45 bits per heavy atom. The van der Waals surface area contributed by atoms with Gasteiger partial charge in [0, 0.05) is 18.1 Å². The van der Waals surface area contributed by atoms with Gasteiger partial charge >= 0.3 is 0 Å². The van der Waals surface area contributed by atoms with Gasteiger partial charge in [0.15, 0.2) is 0 Å². The summed E-state index contributed by atoms with van der Waals surface area (Å²) in [5.74, 6) is 0.771. The molecule has 1 saturated carbocycles. The van der Waals surface area contributed by atoms with Crippen LogP contribution in [0.15, 0.2) is 0 Å². The first-order chi connectivity index (χ1) is 5.28. The summed E-state index contributed by atoms with van der Waals surface area (Å²) in [5.41, 5.74) is 0.468. The zero-order valence-electron chi connectivity index (χ0n) is 7.39. The lowest BCUT2D eigenvalue weighted by Crippen LogP contribution is -2.39. The van der Waals surface area contributed by atoms with E-state index in [4.69, 9.17) is 4.74 Å². The molecule has 1 aliphatic carbocycles. The number of ether oxygens (including phenoxy) is 1. The molecule has 0 amide bonds. The predicted octanol–water partition coefficient (Wildman–Crippen LogP) is 1.16. The van der Waals surface area contributed by atoms with Crippen molar-refractivity contribution in [3.63, 3.8) is 0 Å². The van der Waals surface area contributed by atoms with Crippen molar-refractivity contribution in [1.29, 1.82) is 0 Å². The van der Waals surface area contributed by atoms with Crippen LogP contribution in [-0.2, 0) is 4.74 Å². The summed E-state index contributed by atoms with van der Waals surface area (Å²) in [7, 11) is 2.08. The molecule has 2 rings (SSSR count). The summed E-state index contributed by atoms with van der Waals surface area (Å²) >= 11 is 0. The zero-order valence-corrected chi connectivity index (χ0v) is 7.39. The molecule has 0 aromatic rings. The van der Waals surface area contributed by atoms with Gasteiger partial charge in [-0.25, -0.2) is 0 Å². The molecule has 64 valence electrons. The van der Waals surface area contributed by atoms with Crippen molar-refractivity contribution in [3.8, 4) is 0 Å². The fraction of sp³-hybridized carbons (Fsp3) is 1.00. The third-order valence-electron chi connectivity index (χ3n) is 3.37. The molecule has 1 N–H and O–H groups in total. The van der Waals surface area contributed by atoms with Crippen LogP contribution in [0.1, 0.15) is 26.2 Å². The van der Waals surface area contributed by atoms with Crippen LogP contribution in [-0.4, -0.2) is 25.3 Å². The molecule has 0 aromatic heterocycles. The molecule has 2 fully saturated rings. The standard InChI is InChI=1S/C9H17NO/c1-7-8(3-6-11-7)9(10-2)4-5-9/h7-8,10H,3-6H2,1-2H3. The topological polar surface area (TPSA) is 21.3 Å². The highest BCUT2D eigenvalue weighted by molar-refractivity contribution is 5.08. The molecule has 2 aliphatic rings. The Balaban J connectivity index is 2.03. The van der Waals surface area contributed by atoms with Crippen LogP contribution in [0, 0.1) is 5.92 Å². The Labute approximate surface area is 68.3 Å². The Hall–Kier alpha value is -0.0800. The van der Waals surface area contributed by atoms with Crippen LogP contribution >= 0.6 is 0 Å². The lowest BCUT2D eigenvalue weighted by molar-refractivity contribution is 0.0932. The SMILES string of the molecule is CNC1(C2CCOC2C)CC1. The lowest BCUT2D eigenvalue weighted by Gasteiger charge is -2.24. The van der Waals surface area contributed by atoms with E-state index >= 15 is 0 Å². The summed E-state index contributed by atoms with van der Waals surface area (Å²) in [6.07, 6.45) is 4.43. The third-order valence-corrected chi connectivity index (χ3v) is 3.37. The fourth-order valence-corrected chi connectivity index (χ4v) is 2.40. The van der Waals surface area contributed by atoms with Gasteiger partial charge < -0.3 is 10.1 Å². The summed E-state index contributed by atoms with van der Waals surface area (Å²) in [4.78, 5) is 0. The molecule has 1 heterocycles. The summed E-state index contributed by atoms with van der Waals surface area (Å²) in [5, 5.41) is 3.44. The second-order valence-electron chi connectivity index (χ2n) is 3.88. The van der Waals surface area contributed by atoms with Crippen LogP contribution < -0.4 is 5.32 Å².